The highest BCUT2D eigenvalue weighted by Crippen LogP contribution is 2.20. The minimum atomic E-state index is -0.374. The van der Waals surface area contributed by atoms with Crippen molar-refractivity contribution >= 4 is 5.69 Å². The zero-order valence-corrected chi connectivity index (χ0v) is 10.3. The molecule has 5 heteroatoms. The van der Waals surface area contributed by atoms with Gasteiger partial charge in [0.05, 0.1) is 24.3 Å². The summed E-state index contributed by atoms with van der Waals surface area (Å²) in [5.74, 6) is -0.374. The average Bonchev–Trinajstić information content (AvgIpc) is 2.39. The van der Waals surface area contributed by atoms with Crippen LogP contribution in [0.15, 0.2) is 18.2 Å². The molecule has 0 radical (unpaired) electrons. The number of nitriles is 1. The first kappa shape index (κ1) is 12.8. The van der Waals surface area contributed by atoms with Crippen molar-refractivity contribution in [3.63, 3.8) is 0 Å². The fourth-order valence-electron chi connectivity index (χ4n) is 2.13. The molecule has 1 aliphatic heterocycles. The van der Waals surface area contributed by atoms with Gasteiger partial charge in [-0.1, -0.05) is 0 Å². The van der Waals surface area contributed by atoms with Crippen LogP contribution in [0.5, 0.6) is 0 Å². The van der Waals surface area contributed by atoms with Crippen LogP contribution in [0, 0.1) is 17.1 Å². The maximum atomic E-state index is 13.4. The van der Waals surface area contributed by atoms with Crippen molar-refractivity contribution in [1.82, 2.24) is 5.32 Å². The Balaban J connectivity index is 2.15. The maximum Gasteiger partial charge on any atom is 0.126 e. The molecule has 1 aromatic rings. The summed E-state index contributed by atoms with van der Waals surface area (Å²) in [6.07, 6.45) is 0.0950. The highest BCUT2D eigenvalue weighted by Gasteiger charge is 2.20. The summed E-state index contributed by atoms with van der Waals surface area (Å²) in [6.45, 7) is 2.80. The van der Waals surface area contributed by atoms with Gasteiger partial charge in [0, 0.05) is 25.3 Å². The van der Waals surface area contributed by atoms with Crippen LogP contribution in [-0.4, -0.2) is 39.4 Å². The Morgan fingerprint density at radius 1 is 1.56 bits per heavy atom. The second-order valence-electron chi connectivity index (χ2n) is 4.31. The van der Waals surface area contributed by atoms with E-state index in [1.165, 1.54) is 12.1 Å². The van der Waals surface area contributed by atoms with Gasteiger partial charge in [-0.05, 0) is 25.2 Å². The first-order chi connectivity index (χ1) is 8.72. The molecule has 1 aliphatic rings. The highest BCUT2D eigenvalue weighted by molar-refractivity contribution is 5.52. The largest absolute Gasteiger partial charge is 0.373 e. The average molecular weight is 249 g/mol. The Morgan fingerprint density at radius 2 is 2.39 bits per heavy atom. The highest BCUT2D eigenvalue weighted by atomic mass is 19.1. The molecule has 1 unspecified atom stereocenters. The van der Waals surface area contributed by atoms with Crippen LogP contribution < -0.4 is 10.2 Å². The summed E-state index contributed by atoms with van der Waals surface area (Å²) >= 11 is 0. The number of likely N-dealkylation sites (N-methyl/N-ethyl adjacent to an activating group) is 1. The number of rotatable bonds is 3. The van der Waals surface area contributed by atoms with Gasteiger partial charge in [0.1, 0.15) is 5.82 Å². The van der Waals surface area contributed by atoms with Gasteiger partial charge in [0.2, 0.25) is 0 Å². The first-order valence-corrected chi connectivity index (χ1v) is 5.95. The van der Waals surface area contributed by atoms with E-state index in [1.807, 2.05) is 13.1 Å². The van der Waals surface area contributed by atoms with Gasteiger partial charge in [-0.15, -0.1) is 0 Å². The lowest BCUT2D eigenvalue weighted by atomic mass is 10.1. The number of nitrogens with zero attached hydrogens (tertiary/aromatic N) is 2. The fourth-order valence-corrected chi connectivity index (χ4v) is 2.13. The second-order valence-corrected chi connectivity index (χ2v) is 4.31. The molecule has 1 heterocycles. The van der Waals surface area contributed by atoms with Crippen LogP contribution in [0.2, 0.25) is 0 Å². The Hall–Kier alpha value is -1.64. The summed E-state index contributed by atoms with van der Waals surface area (Å²) in [6, 6.07) is 6.39. The van der Waals surface area contributed by atoms with Crippen molar-refractivity contribution in [2.24, 2.45) is 0 Å². The van der Waals surface area contributed by atoms with E-state index in [0.717, 1.165) is 12.2 Å². The maximum absolute atomic E-state index is 13.4. The predicted octanol–water partition coefficient (Wildman–Crippen LogP) is 1.12. The van der Waals surface area contributed by atoms with Gasteiger partial charge in [-0.3, -0.25) is 0 Å². The lowest BCUT2D eigenvalue weighted by Crippen LogP contribution is -2.46. The molecule has 1 aromatic carbocycles. The number of morpholine rings is 1. The van der Waals surface area contributed by atoms with Crippen molar-refractivity contribution in [2.75, 3.05) is 38.2 Å². The van der Waals surface area contributed by atoms with Gasteiger partial charge in [-0.2, -0.15) is 5.26 Å². The molecule has 2 rings (SSSR count). The third kappa shape index (κ3) is 2.97. The molecule has 18 heavy (non-hydrogen) atoms. The predicted molar refractivity (Wildman–Crippen MR) is 67.0 cm³/mol. The SMILES string of the molecule is CNCC1CN(c2cc(F)cc(C#N)c2)CCO1. The van der Waals surface area contributed by atoms with Gasteiger partial charge in [-0.25, -0.2) is 4.39 Å². The van der Waals surface area contributed by atoms with E-state index in [0.29, 0.717) is 25.3 Å². The Bertz CT molecular complexity index is 456. The van der Waals surface area contributed by atoms with Crippen molar-refractivity contribution < 1.29 is 9.13 Å². The molecule has 0 spiro atoms. The van der Waals surface area contributed by atoms with E-state index in [-0.39, 0.29) is 11.9 Å². The van der Waals surface area contributed by atoms with Gasteiger partial charge in [0.25, 0.3) is 0 Å². The monoisotopic (exact) mass is 249 g/mol. The first-order valence-electron chi connectivity index (χ1n) is 5.95. The number of hydrogen-bond acceptors (Lipinski definition) is 4. The van der Waals surface area contributed by atoms with Crippen molar-refractivity contribution in [1.29, 1.82) is 5.26 Å². The third-order valence-corrected chi connectivity index (χ3v) is 2.95. The topological polar surface area (TPSA) is 48.3 Å². The van der Waals surface area contributed by atoms with E-state index in [9.17, 15) is 4.39 Å². The lowest BCUT2D eigenvalue weighted by Gasteiger charge is -2.34. The standard InChI is InChI=1S/C13H16FN3O/c1-16-8-13-9-17(2-3-18-13)12-5-10(7-15)4-11(14)6-12/h4-6,13,16H,2-3,8-9H2,1H3. The molecule has 0 aromatic heterocycles. The molecule has 0 saturated carbocycles. The summed E-state index contributed by atoms with van der Waals surface area (Å²) in [5, 5.41) is 11.9. The van der Waals surface area contributed by atoms with Crippen LogP contribution in [0.25, 0.3) is 0 Å². The van der Waals surface area contributed by atoms with Crippen LogP contribution in [0.4, 0.5) is 10.1 Å². The molecular weight excluding hydrogens is 233 g/mol. The van der Waals surface area contributed by atoms with Crippen molar-refractivity contribution in [3.05, 3.63) is 29.6 Å². The molecule has 96 valence electrons. The van der Waals surface area contributed by atoms with E-state index in [2.05, 4.69) is 10.2 Å². The van der Waals surface area contributed by atoms with Crippen LogP contribution in [0.1, 0.15) is 5.56 Å². The molecule has 1 fully saturated rings. The number of hydrogen-bond donors (Lipinski definition) is 1. The Labute approximate surface area is 106 Å². The van der Waals surface area contributed by atoms with E-state index >= 15 is 0 Å². The number of nitrogens with one attached hydrogen (secondary N) is 1. The van der Waals surface area contributed by atoms with Crippen molar-refractivity contribution in [2.45, 2.75) is 6.10 Å². The van der Waals surface area contributed by atoms with E-state index < -0.39 is 0 Å². The fraction of sp³-hybridized carbons (Fsp3) is 0.462. The van der Waals surface area contributed by atoms with Gasteiger partial charge >= 0.3 is 0 Å². The van der Waals surface area contributed by atoms with Gasteiger partial charge < -0.3 is 15.0 Å². The smallest absolute Gasteiger partial charge is 0.126 e. The van der Waals surface area contributed by atoms with Crippen LogP contribution in [0.3, 0.4) is 0 Å². The van der Waals surface area contributed by atoms with Crippen molar-refractivity contribution in [3.8, 4) is 6.07 Å². The van der Waals surface area contributed by atoms with Gasteiger partial charge in [0.15, 0.2) is 0 Å². The van der Waals surface area contributed by atoms with E-state index in [4.69, 9.17) is 10.00 Å². The summed E-state index contributed by atoms with van der Waals surface area (Å²) in [4.78, 5) is 2.05. The Morgan fingerprint density at radius 3 is 3.11 bits per heavy atom. The molecule has 1 N–H and O–H groups in total. The molecule has 0 aliphatic carbocycles. The molecule has 1 saturated heterocycles. The normalized spacial score (nSPS) is 19.6. The number of halogens is 1. The number of ether oxygens (including phenoxy) is 1. The summed E-state index contributed by atoms with van der Waals surface area (Å²) in [7, 11) is 1.87. The second kappa shape index (κ2) is 5.80. The zero-order valence-electron chi connectivity index (χ0n) is 10.3. The zero-order chi connectivity index (χ0) is 13.0. The molecule has 4 nitrogen and oxygen atoms in total. The molecule has 0 amide bonds. The molecule has 0 bridgehead atoms. The van der Waals surface area contributed by atoms with Crippen LogP contribution >= 0.6 is 0 Å². The number of anilines is 1. The minimum absolute atomic E-state index is 0.0950. The quantitative estimate of drug-likeness (QED) is 0.872. The summed E-state index contributed by atoms with van der Waals surface area (Å²) in [5.41, 5.74) is 1.10. The Kier molecular flexibility index (Phi) is 4.13. The molecular formula is C13H16FN3O. The third-order valence-electron chi connectivity index (χ3n) is 2.95. The van der Waals surface area contributed by atoms with E-state index in [1.54, 1.807) is 6.07 Å². The lowest BCUT2D eigenvalue weighted by molar-refractivity contribution is 0.0421. The van der Waals surface area contributed by atoms with Crippen LogP contribution in [-0.2, 0) is 4.74 Å². The number of benzene rings is 1. The minimum Gasteiger partial charge on any atom is -0.373 e. The molecule has 1 atom stereocenters. The summed E-state index contributed by atoms with van der Waals surface area (Å²) < 4.78 is 19.0.